The molecule has 0 aliphatic carbocycles. The van der Waals surface area contributed by atoms with Crippen molar-refractivity contribution in [3.8, 4) is 17.2 Å². The van der Waals surface area contributed by atoms with Crippen LogP contribution < -0.4 is 20.0 Å². The highest BCUT2D eigenvalue weighted by atomic mass is 31.2. The Bertz CT molecular complexity index is 951. The maximum absolute atomic E-state index is 14.3. The fourth-order valence-electron chi connectivity index (χ4n) is 3.25. The second kappa shape index (κ2) is 5.61. The molecule has 0 amide bonds. The third-order valence-corrected chi connectivity index (χ3v) is 8.06. The van der Waals surface area contributed by atoms with Gasteiger partial charge in [-0.15, -0.1) is 0 Å². The van der Waals surface area contributed by atoms with Gasteiger partial charge in [0.25, 0.3) is 5.44 Å². The molecule has 3 nitrogen and oxygen atoms in total. The molecule has 0 saturated heterocycles. The van der Waals surface area contributed by atoms with Crippen LogP contribution in [-0.2, 0) is 4.57 Å². The molecule has 3 aromatic rings. The van der Waals surface area contributed by atoms with E-state index >= 15 is 0 Å². The molecule has 1 aliphatic rings. The van der Waals surface area contributed by atoms with Crippen LogP contribution in [0.4, 0.5) is 0 Å². The van der Waals surface area contributed by atoms with E-state index in [-0.39, 0.29) is 5.66 Å². The Balaban J connectivity index is 2.06. The summed E-state index contributed by atoms with van der Waals surface area (Å²) < 4.78 is 22.4. The zero-order chi connectivity index (χ0) is 16.7. The van der Waals surface area contributed by atoms with Crippen molar-refractivity contribution in [2.45, 2.75) is 19.5 Å². The van der Waals surface area contributed by atoms with Crippen LogP contribution in [0.15, 0.2) is 72.9 Å². The van der Waals surface area contributed by atoms with Crippen LogP contribution in [0.25, 0.3) is 5.69 Å². The van der Waals surface area contributed by atoms with E-state index in [4.69, 9.17) is 4.74 Å². The predicted molar refractivity (Wildman–Crippen MR) is 96.5 cm³/mol. The number of rotatable bonds is 2. The van der Waals surface area contributed by atoms with Gasteiger partial charge in [-0.3, -0.25) is 0 Å². The van der Waals surface area contributed by atoms with Gasteiger partial charge in [-0.1, -0.05) is 44.2 Å². The third kappa shape index (κ3) is 2.12. The molecule has 1 aromatic heterocycles. The fraction of sp³-hybridized carbons (Fsp3) is 0.150. The molecular formula is C20H19NO2P+. The lowest BCUT2D eigenvalue weighted by molar-refractivity contribution is -0.576. The highest BCUT2D eigenvalue weighted by molar-refractivity contribution is 7.79. The lowest BCUT2D eigenvalue weighted by Gasteiger charge is -2.28. The van der Waals surface area contributed by atoms with E-state index in [1.165, 1.54) is 0 Å². The summed E-state index contributed by atoms with van der Waals surface area (Å²) in [6, 6.07) is 21.5. The van der Waals surface area contributed by atoms with Gasteiger partial charge in [0.1, 0.15) is 5.75 Å². The Kier molecular flexibility index (Phi) is 3.54. The lowest BCUT2D eigenvalue weighted by atomic mass is 10.3. The molecule has 1 atom stereocenters. The largest absolute Gasteiger partial charge is 0.449 e. The van der Waals surface area contributed by atoms with Crippen molar-refractivity contribution in [3.05, 3.63) is 72.9 Å². The summed E-state index contributed by atoms with van der Waals surface area (Å²) in [5.74, 6) is 1.38. The molecular weight excluding hydrogens is 317 g/mol. The molecule has 0 bridgehead atoms. The monoisotopic (exact) mass is 336 g/mol. The van der Waals surface area contributed by atoms with Crippen molar-refractivity contribution < 1.29 is 13.9 Å². The normalized spacial score (nSPS) is 18.6. The fourth-order valence-corrected chi connectivity index (χ4v) is 6.23. The van der Waals surface area contributed by atoms with Gasteiger partial charge in [-0.05, 0) is 18.2 Å². The second-order valence-electron chi connectivity index (χ2n) is 6.22. The minimum Gasteiger partial charge on any atom is -0.449 e. The molecule has 24 heavy (non-hydrogen) atoms. The van der Waals surface area contributed by atoms with Crippen molar-refractivity contribution in [1.82, 2.24) is 0 Å². The summed E-state index contributed by atoms with van der Waals surface area (Å²) in [4.78, 5) is 0. The van der Waals surface area contributed by atoms with Gasteiger partial charge in [0.2, 0.25) is 18.6 Å². The first-order valence-electron chi connectivity index (χ1n) is 8.10. The van der Waals surface area contributed by atoms with Crippen LogP contribution in [0.1, 0.15) is 13.8 Å². The second-order valence-corrected chi connectivity index (χ2v) is 9.48. The van der Waals surface area contributed by atoms with Crippen LogP contribution in [0.5, 0.6) is 11.5 Å². The number of aromatic nitrogens is 1. The molecule has 0 spiro atoms. The Hall–Kier alpha value is -2.38. The Morgan fingerprint density at radius 3 is 2.29 bits per heavy atom. The van der Waals surface area contributed by atoms with E-state index in [0.717, 1.165) is 16.4 Å². The first-order valence-corrected chi connectivity index (χ1v) is 9.88. The summed E-state index contributed by atoms with van der Waals surface area (Å²) in [6.45, 7) is 4.05. The number of hydrogen-bond donors (Lipinski definition) is 0. The highest BCUT2D eigenvalue weighted by Crippen LogP contribution is 2.54. The zero-order valence-electron chi connectivity index (χ0n) is 13.7. The van der Waals surface area contributed by atoms with Gasteiger partial charge >= 0.3 is 0 Å². The topological polar surface area (TPSA) is 30.2 Å². The Morgan fingerprint density at radius 1 is 0.875 bits per heavy atom. The molecule has 120 valence electrons. The van der Waals surface area contributed by atoms with Crippen molar-refractivity contribution in [2.24, 2.45) is 0 Å². The average molecular weight is 336 g/mol. The molecule has 1 unspecified atom stereocenters. The van der Waals surface area contributed by atoms with Crippen molar-refractivity contribution in [1.29, 1.82) is 0 Å². The number of nitrogens with zero attached hydrogens (tertiary/aromatic N) is 1. The smallest absolute Gasteiger partial charge is 0.292 e. The summed E-state index contributed by atoms with van der Waals surface area (Å²) in [5, 5.41) is 0.809. The van der Waals surface area contributed by atoms with Crippen molar-refractivity contribution in [3.63, 3.8) is 0 Å². The van der Waals surface area contributed by atoms with Crippen LogP contribution in [0, 0.1) is 0 Å². The SMILES string of the molecule is CC(C)P1(=O)c2ccccc2Oc2ccc[n+](-c3ccccc3)c21. The molecule has 4 heteroatoms. The molecule has 0 radical (unpaired) electrons. The zero-order valence-corrected chi connectivity index (χ0v) is 14.6. The van der Waals surface area contributed by atoms with E-state index in [9.17, 15) is 4.57 Å². The summed E-state index contributed by atoms with van der Waals surface area (Å²) in [7, 11) is -2.83. The van der Waals surface area contributed by atoms with Crippen molar-refractivity contribution >= 4 is 17.9 Å². The van der Waals surface area contributed by atoms with Gasteiger partial charge in [0.05, 0.1) is 5.30 Å². The molecule has 2 aromatic carbocycles. The van der Waals surface area contributed by atoms with E-state index in [1.807, 2.05) is 91.3 Å². The number of para-hydroxylation sites is 2. The highest BCUT2D eigenvalue weighted by Gasteiger charge is 2.47. The number of pyridine rings is 1. The first kappa shape index (κ1) is 15.2. The average Bonchev–Trinajstić information content (AvgIpc) is 2.62. The molecule has 0 fully saturated rings. The molecule has 4 rings (SSSR count). The van der Waals surface area contributed by atoms with Crippen molar-refractivity contribution in [2.75, 3.05) is 0 Å². The number of hydrogen-bond acceptors (Lipinski definition) is 2. The van der Waals surface area contributed by atoms with Crippen LogP contribution in [-0.4, -0.2) is 5.66 Å². The molecule has 0 saturated carbocycles. The van der Waals surface area contributed by atoms with E-state index in [2.05, 4.69) is 0 Å². The lowest BCUT2D eigenvalue weighted by Crippen LogP contribution is -2.51. The van der Waals surface area contributed by atoms with E-state index < -0.39 is 7.14 Å². The van der Waals surface area contributed by atoms with Gasteiger partial charge in [0, 0.05) is 23.9 Å². The minimum absolute atomic E-state index is 0.0151. The van der Waals surface area contributed by atoms with E-state index in [1.54, 1.807) is 0 Å². The first-order chi connectivity index (χ1) is 11.6. The van der Waals surface area contributed by atoms with E-state index in [0.29, 0.717) is 11.5 Å². The Morgan fingerprint density at radius 2 is 1.54 bits per heavy atom. The number of ether oxygens (including phenoxy) is 1. The minimum atomic E-state index is -2.83. The van der Waals surface area contributed by atoms with Crippen LogP contribution >= 0.6 is 7.14 Å². The molecule has 0 N–H and O–H groups in total. The predicted octanol–water partition coefficient (Wildman–Crippen LogP) is 3.79. The van der Waals surface area contributed by atoms with Gasteiger partial charge in [-0.2, -0.15) is 4.57 Å². The van der Waals surface area contributed by atoms with Gasteiger partial charge in [-0.25, -0.2) is 0 Å². The van der Waals surface area contributed by atoms with Gasteiger partial charge < -0.3 is 9.30 Å². The molecule has 1 aliphatic heterocycles. The van der Waals surface area contributed by atoms with Gasteiger partial charge in [0.15, 0.2) is 6.20 Å². The van der Waals surface area contributed by atoms with Crippen LogP contribution in [0.3, 0.4) is 0 Å². The standard InChI is InChI=1S/C20H19NO2P/c1-15(2)24(22)19-13-7-6-11-17(19)23-18-12-8-14-21(20(18)24)16-9-4-3-5-10-16/h3-15H,1-2H3/q+1. The summed E-state index contributed by atoms with van der Waals surface area (Å²) in [5.41, 5.74) is 1.74. The van der Waals surface area contributed by atoms with Crippen LogP contribution in [0.2, 0.25) is 0 Å². The molecule has 2 heterocycles. The number of fused-ring (bicyclic) bond motifs is 2. The summed E-state index contributed by atoms with van der Waals surface area (Å²) in [6.07, 6.45) is 1.96. The maximum atomic E-state index is 14.3. The quantitative estimate of drug-likeness (QED) is 0.526. The third-order valence-electron chi connectivity index (χ3n) is 4.45. The Labute approximate surface area is 141 Å². The maximum Gasteiger partial charge on any atom is 0.292 e. The number of benzene rings is 2. The summed E-state index contributed by atoms with van der Waals surface area (Å²) >= 11 is 0.